The number of nitrogens with two attached hydrogens (primary N) is 1. The third-order valence-corrected chi connectivity index (χ3v) is 3.36. The first kappa shape index (κ1) is 14.2. The molecule has 0 heterocycles. The minimum Gasteiger partial charge on any atom is -0.392 e. The van der Waals surface area contributed by atoms with E-state index >= 15 is 0 Å². The van der Waals surface area contributed by atoms with Crippen LogP contribution in [0.25, 0.3) is 0 Å². The van der Waals surface area contributed by atoms with Gasteiger partial charge < -0.3 is 11.1 Å². The molecule has 92 valence electrons. The topological polar surface area (TPSA) is 55.1 Å². The average Bonchev–Trinajstić information content (AvgIpc) is 2.28. The molecule has 0 spiro atoms. The molecule has 0 aromatic heterocycles. The Hall–Kier alpha value is -0.840. The van der Waals surface area contributed by atoms with Crippen LogP contribution in [0.4, 0.5) is 0 Å². The predicted octanol–water partition coefficient (Wildman–Crippen LogP) is 2.79. The highest BCUT2D eigenvalue weighted by atomic mass is 35.5. The van der Waals surface area contributed by atoms with Crippen molar-refractivity contribution in [1.82, 2.24) is 5.32 Å². The number of rotatable bonds is 4. The molecule has 0 radical (unpaired) electrons. The summed E-state index contributed by atoms with van der Waals surface area (Å²) in [4.78, 5) is 12.2. The zero-order valence-electron chi connectivity index (χ0n) is 9.17. The van der Waals surface area contributed by atoms with Gasteiger partial charge in [0, 0.05) is 0 Å². The molecule has 0 saturated heterocycles. The lowest BCUT2D eigenvalue weighted by Crippen LogP contribution is -2.43. The van der Waals surface area contributed by atoms with Crippen molar-refractivity contribution >= 4 is 46.3 Å². The van der Waals surface area contributed by atoms with Gasteiger partial charge in [-0.1, -0.05) is 48.4 Å². The van der Waals surface area contributed by atoms with E-state index in [0.29, 0.717) is 17.0 Å². The summed E-state index contributed by atoms with van der Waals surface area (Å²) >= 11 is 16.6. The quantitative estimate of drug-likeness (QED) is 0.839. The largest absolute Gasteiger partial charge is 0.392 e. The number of halogens is 2. The van der Waals surface area contributed by atoms with Gasteiger partial charge in [-0.3, -0.25) is 4.79 Å². The first-order chi connectivity index (χ1) is 7.97. The van der Waals surface area contributed by atoms with Crippen molar-refractivity contribution in [3.63, 3.8) is 0 Å². The van der Waals surface area contributed by atoms with Crippen LogP contribution in [-0.4, -0.2) is 16.9 Å². The Morgan fingerprint density at radius 3 is 2.71 bits per heavy atom. The summed E-state index contributed by atoms with van der Waals surface area (Å²) in [6, 6.07) is 4.53. The molecule has 1 aromatic rings. The highest BCUT2D eigenvalue weighted by molar-refractivity contribution is 7.80. The number of carbonyl (C=O) groups is 1. The van der Waals surface area contributed by atoms with E-state index in [0.717, 1.165) is 0 Å². The molecule has 1 aromatic carbocycles. The molecule has 0 aliphatic rings. The number of nitrogens with one attached hydrogen (secondary N) is 1. The fourth-order valence-corrected chi connectivity index (χ4v) is 1.90. The summed E-state index contributed by atoms with van der Waals surface area (Å²) < 4.78 is 0. The summed E-state index contributed by atoms with van der Waals surface area (Å²) in [5.74, 6) is -0.336. The van der Waals surface area contributed by atoms with Crippen molar-refractivity contribution in [1.29, 1.82) is 0 Å². The highest BCUT2D eigenvalue weighted by Crippen LogP contribution is 2.25. The van der Waals surface area contributed by atoms with E-state index in [-0.39, 0.29) is 22.0 Å². The Morgan fingerprint density at radius 2 is 2.18 bits per heavy atom. The molecule has 1 amide bonds. The first-order valence-corrected chi connectivity index (χ1v) is 6.18. The third-order valence-electron chi connectivity index (χ3n) is 2.25. The predicted molar refractivity (Wildman–Crippen MR) is 74.8 cm³/mol. The summed E-state index contributed by atoms with van der Waals surface area (Å²) in [7, 11) is 0. The van der Waals surface area contributed by atoms with Gasteiger partial charge in [0.15, 0.2) is 0 Å². The Kier molecular flexibility index (Phi) is 5.18. The number of benzene rings is 1. The Morgan fingerprint density at radius 1 is 1.53 bits per heavy atom. The van der Waals surface area contributed by atoms with Crippen molar-refractivity contribution in [3.05, 3.63) is 33.8 Å². The summed E-state index contributed by atoms with van der Waals surface area (Å²) in [5, 5.41) is 3.26. The summed E-state index contributed by atoms with van der Waals surface area (Å²) in [5.41, 5.74) is 5.81. The van der Waals surface area contributed by atoms with Gasteiger partial charge in [0.2, 0.25) is 0 Å². The van der Waals surface area contributed by atoms with Crippen molar-refractivity contribution in [3.8, 4) is 0 Å². The van der Waals surface area contributed by atoms with Crippen molar-refractivity contribution in [2.45, 2.75) is 19.4 Å². The fraction of sp³-hybridized carbons (Fsp3) is 0.273. The number of amides is 1. The SMILES string of the molecule is CCC(NC(=O)c1cccc(Cl)c1Cl)C(N)=S. The van der Waals surface area contributed by atoms with E-state index in [2.05, 4.69) is 5.32 Å². The van der Waals surface area contributed by atoms with E-state index in [1.807, 2.05) is 6.92 Å². The lowest BCUT2D eigenvalue weighted by atomic mass is 10.1. The van der Waals surface area contributed by atoms with Gasteiger partial charge in [0.1, 0.15) is 0 Å². The number of carbonyl (C=O) groups excluding carboxylic acids is 1. The third kappa shape index (κ3) is 3.56. The molecular weight excluding hydrogens is 279 g/mol. The average molecular weight is 291 g/mol. The van der Waals surface area contributed by atoms with Gasteiger partial charge in [-0.2, -0.15) is 0 Å². The van der Waals surface area contributed by atoms with Crippen molar-refractivity contribution in [2.24, 2.45) is 5.73 Å². The van der Waals surface area contributed by atoms with Crippen LogP contribution in [0.5, 0.6) is 0 Å². The second-order valence-electron chi connectivity index (χ2n) is 3.44. The van der Waals surface area contributed by atoms with Gasteiger partial charge in [0.25, 0.3) is 5.91 Å². The normalized spacial score (nSPS) is 11.9. The highest BCUT2D eigenvalue weighted by Gasteiger charge is 2.17. The first-order valence-electron chi connectivity index (χ1n) is 5.01. The minimum atomic E-state index is -0.340. The molecule has 1 rings (SSSR count). The van der Waals surface area contributed by atoms with Crippen LogP contribution in [0.3, 0.4) is 0 Å². The number of hydrogen-bond donors (Lipinski definition) is 2. The van der Waals surface area contributed by atoms with E-state index in [1.165, 1.54) is 0 Å². The summed E-state index contributed by atoms with van der Waals surface area (Å²) in [6.07, 6.45) is 0.624. The van der Waals surface area contributed by atoms with Gasteiger partial charge in [0.05, 0.1) is 26.6 Å². The smallest absolute Gasteiger partial charge is 0.253 e. The zero-order chi connectivity index (χ0) is 13.0. The van der Waals surface area contributed by atoms with E-state index < -0.39 is 0 Å². The van der Waals surface area contributed by atoms with Gasteiger partial charge in [-0.05, 0) is 18.6 Å². The maximum absolute atomic E-state index is 11.9. The Labute approximate surface area is 115 Å². The van der Waals surface area contributed by atoms with E-state index in [9.17, 15) is 4.79 Å². The van der Waals surface area contributed by atoms with E-state index in [4.69, 9.17) is 41.2 Å². The second-order valence-corrected chi connectivity index (χ2v) is 4.69. The van der Waals surface area contributed by atoms with Crippen LogP contribution in [-0.2, 0) is 0 Å². The van der Waals surface area contributed by atoms with E-state index in [1.54, 1.807) is 18.2 Å². The molecule has 0 bridgehead atoms. The minimum absolute atomic E-state index is 0.226. The molecule has 1 atom stereocenters. The molecule has 3 N–H and O–H groups in total. The maximum Gasteiger partial charge on any atom is 0.253 e. The molecular formula is C11H12Cl2N2OS. The van der Waals surface area contributed by atoms with Crippen molar-refractivity contribution in [2.75, 3.05) is 0 Å². The van der Waals surface area contributed by atoms with Crippen LogP contribution in [0.1, 0.15) is 23.7 Å². The van der Waals surface area contributed by atoms with Gasteiger partial charge >= 0.3 is 0 Å². The van der Waals surface area contributed by atoms with Crippen LogP contribution < -0.4 is 11.1 Å². The molecule has 1 unspecified atom stereocenters. The van der Waals surface area contributed by atoms with Crippen molar-refractivity contribution < 1.29 is 4.79 Å². The van der Waals surface area contributed by atoms with Crippen LogP contribution in [0, 0.1) is 0 Å². The Bertz CT molecular complexity index is 451. The van der Waals surface area contributed by atoms with Gasteiger partial charge in [-0.15, -0.1) is 0 Å². The second kappa shape index (κ2) is 6.19. The monoisotopic (exact) mass is 290 g/mol. The molecule has 0 aliphatic carbocycles. The van der Waals surface area contributed by atoms with Crippen LogP contribution in [0.2, 0.25) is 10.0 Å². The van der Waals surface area contributed by atoms with Crippen LogP contribution in [0.15, 0.2) is 18.2 Å². The van der Waals surface area contributed by atoms with Gasteiger partial charge in [-0.25, -0.2) is 0 Å². The molecule has 0 aliphatic heterocycles. The molecule has 3 nitrogen and oxygen atoms in total. The fourth-order valence-electron chi connectivity index (χ4n) is 1.29. The number of thiocarbonyl (C=S) groups is 1. The lowest BCUT2D eigenvalue weighted by molar-refractivity contribution is 0.0946. The zero-order valence-corrected chi connectivity index (χ0v) is 11.5. The lowest BCUT2D eigenvalue weighted by Gasteiger charge is -2.16. The molecule has 17 heavy (non-hydrogen) atoms. The molecule has 0 saturated carbocycles. The number of hydrogen-bond acceptors (Lipinski definition) is 2. The van der Waals surface area contributed by atoms with Crippen LogP contribution >= 0.6 is 35.4 Å². The maximum atomic E-state index is 11.9. The summed E-state index contributed by atoms with van der Waals surface area (Å²) in [6.45, 7) is 1.88. The molecule has 0 fully saturated rings. The molecule has 6 heteroatoms. The standard InChI is InChI=1S/C11H12Cl2N2OS/c1-2-8(10(14)17)15-11(16)6-4-3-5-7(12)9(6)13/h3-5,8H,2H2,1H3,(H2,14,17)(H,15,16). The Balaban J connectivity index is 2.90.